The molecule has 4 rings (SSSR count). The number of imide groups is 1. The number of amides is 2. The predicted molar refractivity (Wildman–Crippen MR) is 141 cm³/mol. The summed E-state index contributed by atoms with van der Waals surface area (Å²) in [6.45, 7) is 1.60. The number of para-hydroxylation sites is 1. The zero-order valence-corrected chi connectivity index (χ0v) is 22.4. The molecule has 12 heteroatoms. The van der Waals surface area contributed by atoms with Crippen molar-refractivity contribution in [3.05, 3.63) is 99.0 Å². The normalized spacial score (nSPS) is 16.8. The summed E-state index contributed by atoms with van der Waals surface area (Å²) >= 11 is 11.9. The molecule has 204 valence electrons. The number of methoxy groups -OCH3 is 1. The minimum atomic E-state index is -4.85. The number of hydrogen-bond acceptors (Lipinski definition) is 6. The smallest absolute Gasteiger partial charge is 0.436 e. The van der Waals surface area contributed by atoms with Gasteiger partial charge in [0.05, 0.1) is 18.5 Å². The molecule has 0 radical (unpaired) electrons. The molecule has 1 heterocycles. The van der Waals surface area contributed by atoms with Gasteiger partial charge < -0.3 is 9.57 Å². The second-order valence-corrected chi connectivity index (χ2v) is 9.64. The Labute approximate surface area is 232 Å². The lowest BCUT2D eigenvalue weighted by Crippen LogP contribution is -2.48. The van der Waals surface area contributed by atoms with Crippen molar-refractivity contribution in [2.24, 2.45) is 5.16 Å². The van der Waals surface area contributed by atoms with E-state index in [2.05, 4.69) is 5.16 Å². The summed E-state index contributed by atoms with van der Waals surface area (Å²) in [6.07, 6.45) is -6.41. The average molecular weight is 580 g/mol. The maximum absolute atomic E-state index is 14.3. The fourth-order valence-electron chi connectivity index (χ4n) is 4.23. The second-order valence-electron chi connectivity index (χ2n) is 8.76. The SMILES string of the molecule is COC(=O)N(C(=O)c1ccc(C2=NOC(c3cc(Cl)cc(Cl)c3)(C(F)(F)F)C2)cc1C)N(C)c1ccccc1. The first kappa shape index (κ1) is 28.3. The van der Waals surface area contributed by atoms with Gasteiger partial charge in [-0.25, -0.2) is 4.79 Å². The van der Waals surface area contributed by atoms with Crippen LogP contribution < -0.4 is 5.01 Å². The van der Waals surface area contributed by atoms with Crippen LogP contribution in [-0.4, -0.2) is 43.1 Å². The van der Waals surface area contributed by atoms with Crippen molar-refractivity contribution in [3.8, 4) is 0 Å². The monoisotopic (exact) mass is 579 g/mol. The van der Waals surface area contributed by atoms with E-state index < -0.39 is 30.2 Å². The van der Waals surface area contributed by atoms with Gasteiger partial charge in [-0.2, -0.15) is 13.2 Å². The van der Waals surface area contributed by atoms with Gasteiger partial charge in [-0.15, -0.1) is 5.01 Å². The molecule has 1 atom stereocenters. The number of aryl methyl sites for hydroxylation is 1. The van der Waals surface area contributed by atoms with E-state index in [1.165, 1.54) is 36.3 Å². The Morgan fingerprint density at radius 1 is 1.03 bits per heavy atom. The molecule has 0 saturated carbocycles. The number of hydrogen-bond donors (Lipinski definition) is 0. The number of carbonyl (C=O) groups excluding carboxylic acids is 2. The highest BCUT2D eigenvalue weighted by molar-refractivity contribution is 6.34. The summed E-state index contributed by atoms with van der Waals surface area (Å²) < 4.78 is 47.8. The number of halogens is 5. The molecule has 1 unspecified atom stereocenters. The van der Waals surface area contributed by atoms with Crippen LogP contribution in [0.3, 0.4) is 0 Å². The number of rotatable bonds is 5. The molecular formula is C27H22Cl2F3N3O4. The van der Waals surface area contributed by atoms with Gasteiger partial charge in [0.25, 0.3) is 11.5 Å². The van der Waals surface area contributed by atoms with Crippen molar-refractivity contribution >= 4 is 46.6 Å². The van der Waals surface area contributed by atoms with Crippen LogP contribution in [0.25, 0.3) is 0 Å². The third kappa shape index (κ3) is 5.39. The van der Waals surface area contributed by atoms with E-state index in [9.17, 15) is 22.8 Å². The molecule has 39 heavy (non-hydrogen) atoms. The van der Waals surface area contributed by atoms with Crippen LogP contribution in [0.2, 0.25) is 10.0 Å². The molecule has 3 aromatic carbocycles. The first-order valence-corrected chi connectivity index (χ1v) is 12.2. The van der Waals surface area contributed by atoms with Crippen molar-refractivity contribution in [2.45, 2.75) is 25.1 Å². The number of alkyl halides is 3. The molecule has 0 N–H and O–H groups in total. The largest absolute Gasteiger partial charge is 0.451 e. The van der Waals surface area contributed by atoms with Gasteiger partial charge in [0.15, 0.2) is 0 Å². The van der Waals surface area contributed by atoms with Gasteiger partial charge in [0.2, 0.25) is 0 Å². The summed E-state index contributed by atoms with van der Waals surface area (Å²) in [7, 11) is 2.67. The molecule has 3 aromatic rings. The van der Waals surface area contributed by atoms with Gasteiger partial charge in [0.1, 0.15) is 0 Å². The van der Waals surface area contributed by atoms with Gasteiger partial charge in [-0.05, 0) is 60.5 Å². The quantitative estimate of drug-likeness (QED) is 0.300. The number of hydrazine groups is 1. The zero-order valence-electron chi connectivity index (χ0n) is 20.9. The third-order valence-electron chi connectivity index (χ3n) is 6.27. The van der Waals surface area contributed by atoms with Crippen molar-refractivity contribution in [2.75, 3.05) is 19.2 Å². The topological polar surface area (TPSA) is 71.4 Å². The lowest BCUT2D eigenvalue weighted by Gasteiger charge is -2.30. The molecule has 0 bridgehead atoms. The van der Waals surface area contributed by atoms with Crippen LogP contribution in [0, 0.1) is 6.92 Å². The Morgan fingerprint density at radius 2 is 1.67 bits per heavy atom. The van der Waals surface area contributed by atoms with Gasteiger partial charge in [-0.1, -0.05) is 52.6 Å². The Bertz CT molecular complexity index is 1430. The first-order chi connectivity index (χ1) is 18.4. The van der Waals surface area contributed by atoms with Crippen LogP contribution in [-0.2, 0) is 15.2 Å². The Balaban J connectivity index is 1.65. The summed E-state index contributed by atoms with van der Waals surface area (Å²) in [5.74, 6) is -0.694. The van der Waals surface area contributed by atoms with Gasteiger partial charge in [0, 0.05) is 34.6 Å². The standard InChI is InChI=1S/C27H22Cl2F3N3O4/c1-16-11-17(23-15-26(39-33-23,27(30,31)32)18-12-19(28)14-20(29)13-18)9-10-22(16)24(36)35(25(37)38-3)34(2)21-7-5-4-6-8-21/h4-14H,15H2,1-3H3. The van der Waals surface area contributed by atoms with Crippen LogP contribution in [0.5, 0.6) is 0 Å². The van der Waals surface area contributed by atoms with Crippen LogP contribution in [0.15, 0.2) is 71.9 Å². The minimum absolute atomic E-state index is 0.0109. The lowest BCUT2D eigenvalue weighted by molar-refractivity contribution is -0.275. The second kappa shape index (κ2) is 10.8. The number of anilines is 1. The first-order valence-electron chi connectivity index (χ1n) is 11.5. The molecule has 7 nitrogen and oxygen atoms in total. The van der Waals surface area contributed by atoms with E-state index in [1.54, 1.807) is 37.3 Å². The van der Waals surface area contributed by atoms with Crippen LogP contribution in [0.4, 0.5) is 23.7 Å². The number of ether oxygens (including phenoxy) is 1. The molecule has 1 aliphatic rings. The number of nitrogens with zero attached hydrogens (tertiary/aromatic N) is 3. The van der Waals surface area contributed by atoms with Crippen LogP contribution in [0.1, 0.15) is 33.5 Å². The molecule has 0 fully saturated rings. The van der Waals surface area contributed by atoms with E-state index in [0.717, 1.165) is 24.3 Å². The highest BCUT2D eigenvalue weighted by Crippen LogP contribution is 2.49. The Hall–Kier alpha value is -3.76. The lowest BCUT2D eigenvalue weighted by atomic mass is 9.86. The van der Waals surface area contributed by atoms with E-state index in [0.29, 0.717) is 16.8 Å². The number of benzene rings is 3. The van der Waals surface area contributed by atoms with Gasteiger partial charge >= 0.3 is 12.3 Å². The molecule has 0 saturated heterocycles. The number of carbonyl (C=O) groups is 2. The molecule has 0 spiro atoms. The molecular weight excluding hydrogens is 558 g/mol. The molecule has 0 aliphatic carbocycles. The van der Waals surface area contributed by atoms with Crippen LogP contribution >= 0.6 is 23.2 Å². The van der Waals surface area contributed by atoms with Crippen molar-refractivity contribution in [3.63, 3.8) is 0 Å². The summed E-state index contributed by atoms with van der Waals surface area (Å²) in [6, 6.07) is 16.6. The predicted octanol–water partition coefficient (Wildman–Crippen LogP) is 7.14. The zero-order chi connectivity index (χ0) is 28.5. The van der Waals surface area contributed by atoms with Gasteiger partial charge in [-0.3, -0.25) is 9.80 Å². The molecule has 0 aromatic heterocycles. The fourth-order valence-corrected chi connectivity index (χ4v) is 4.76. The van der Waals surface area contributed by atoms with E-state index >= 15 is 0 Å². The average Bonchev–Trinajstić information content (AvgIpc) is 3.36. The fraction of sp³-hybridized carbons (Fsp3) is 0.222. The van der Waals surface area contributed by atoms with E-state index in [-0.39, 0.29) is 26.9 Å². The van der Waals surface area contributed by atoms with Crippen molar-refractivity contribution in [1.82, 2.24) is 5.01 Å². The number of oxime groups is 1. The summed E-state index contributed by atoms with van der Waals surface area (Å²) in [4.78, 5) is 31.1. The molecule has 1 aliphatic heterocycles. The van der Waals surface area contributed by atoms with E-state index in [4.69, 9.17) is 32.8 Å². The summed E-state index contributed by atoms with van der Waals surface area (Å²) in [5.41, 5.74) is -1.68. The summed E-state index contributed by atoms with van der Waals surface area (Å²) in [5, 5.41) is 5.96. The molecule has 2 amide bonds. The van der Waals surface area contributed by atoms with E-state index in [1.807, 2.05) is 0 Å². The highest BCUT2D eigenvalue weighted by Gasteiger charge is 2.62. The Kier molecular flexibility index (Phi) is 7.81. The Morgan fingerprint density at radius 3 is 2.23 bits per heavy atom. The minimum Gasteiger partial charge on any atom is -0.451 e. The highest BCUT2D eigenvalue weighted by atomic mass is 35.5. The third-order valence-corrected chi connectivity index (χ3v) is 6.71. The van der Waals surface area contributed by atoms with Crippen molar-refractivity contribution < 1.29 is 32.3 Å². The van der Waals surface area contributed by atoms with Crippen molar-refractivity contribution in [1.29, 1.82) is 0 Å². The maximum Gasteiger partial charge on any atom is 0.436 e. The maximum atomic E-state index is 14.3.